The van der Waals surface area contributed by atoms with Crippen molar-refractivity contribution in [3.8, 4) is 11.1 Å². The maximum absolute atomic E-state index is 13.7. The molecule has 3 rings (SSSR count). The second kappa shape index (κ2) is 5.99. The van der Waals surface area contributed by atoms with Gasteiger partial charge < -0.3 is 5.73 Å². The fourth-order valence-electron chi connectivity index (χ4n) is 2.20. The van der Waals surface area contributed by atoms with Gasteiger partial charge in [-0.3, -0.25) is 4.98 Å². The van der Waals surface area contributed by atoms with Gasteiger partial charge in [-0.25, -0.2) is 4.39 Å². The lowest BCUT2D eigenvalue weighted by Crippen LogP contribution is -1.95. The first-order valence-corrected chi connectivity index (χ1v) is 6.11. The summed E-state index contributed by atoms with van der Waals surface area (Å²) in [4.78, 5) is 4.35. The minimum absolute atomic E-state index is 0. The molecule has 0 saturated heterocycles. The van der Waals surface area contributed by atoms with Crippen LogP contribution >= 0.6 is 12.4 Å². The average molecular weight is 289 g/mol. The van der Waals surface area contributed by atoms with Crippen LogP contribution in [0.2, 0.25) is 0 Å². The van der Waals surface area contributed by atoms with Crippen LogP contribution in [0.1, 0.15) is 5.56 Å². The molecule has 0 saturated carbocycles. The Hall–Kier alpha value is -1.97. The Kier molecular flexibility index (Phi) is 4.32. The van der Waals surface area contributed by atoms with Gasteiger partial charge in [0.15, 0.2) is 0 Å². The number of hydrogen-bond donors (Lipinski definition) is 1. The molecule has 2 aromatic carbocycles. The van der Waals surface area contributed by atoms with E-state index >= 15 is 0 Å². The van der Waals surface area contributed by atoms with Crippen LogP contribution in [0.3, 0.4) is 0 Å². The van der Waals surface area contributed by atoms with E-state index in [2.05, 4.69) is 4.98 Å². The monoisotopic (exact) mass is 288 g/mol. The Morgan fingerprint density at radius 2 is 1.80 bits per heavy atom. The fourth-order valence-corrected chi connectivity index (χ4v) is 2.20. The molecule has 0 bridgehead atoms. The van der Waals surface area contributed by atoms with Gasteiger partial charge in [-0.05, 0) is 29.3 Å². The summed E-state index contributed by atoms with van der Waals surface area (Å²) in [6.45, 7) is 0.502. The van der Waals surface area contributed by atoms with Crippen LogP contribution in [-0.4, -0.2) is 4.98 Å². The molecule has 1 heterocycles. The number of aromatic nitrogens is 1. The van der Waals surface area contributed by atoms with Gasteiger partial charge in [0, 0.05) is 23.7 Å². The van der Waals surface area contributed by atoms with Crippen molar-refractivity contribution in [2.45, 2.75) is 6.54 Å². The third kappa shape index (κ3) is 2.64. The number of rotatable bonds is 2. The highest BCUT2D eigenvalue weighted by atomic mass is 35.5. The minimum atomic E-state index is -0.251. The molecule has 0 amide bonds. The predicted octanol–water partition coefficient (Wildman–Crippen LogP) is 3.92. The van der Waals surface area contributed by atoms with Crippen LogP contribution in [-0.2, 0) is 6.54 Å². The van der Waals surface area contributed by atoms with Crippen LogP contribution in [0, 0.1) is 5.82 Å². The largest absolute Gasteiger partial charge is 0.326 e. The normalized spacial score (nSPS) is 10.3. The highest BCUT2D eigenvalue weighted by molar-refractivity contribution is 5.93. The van der Waals surface area contributed by atoms with Crippen LogP contribution in [0.15, 0.2) is 54.7 Å². The predicted molar refractivity (Wildman–Crippen MR) is 82.3 cm³/mol. The second-order valence-corrected chi connectivity index (χ2v) is 4.43. The average Bonchev–Trinajstić information content (AvgIpc) is 2.46. The maximum Gasteiger partial charge on any atom is 0.124 e. The van der Waals surface area contributed by atoms with E-state index in [4.69, 9.17) is 5.73 Å². The lowest BCUT2D eigenvalue weighted by atomic mass is 10.0. The Balaban J connectivity index is 0.00000147. The van der Waals surface area contributed by atoms with E-state index in [9.17, 15) is 4.39 Å². The van der Waals surface area contributed by atoms with Gasteiger partial charge in [-0.1, -0.05) is 30.3 Å². The van der Waals surface area contributed by atoms with Gasteiger partial charge in [0.25, 0.3) is 0 Å². The van der Waals surface area contributed by atoms with Crippen molar-refractivity contribution in [3.63, 3.8) is 0 Å². The molecule has 2 N–H and O–H groups in total. The van der Waals surface area contributed by atoms with Crippen molar-refractivity contribution >= 4 is 23.3 Å². The lowest BCUT2D eigenvalue weighted by molar-refractivity contribution is 0.630. The Bertz CT molecular complexity index is 726. The number of halogens is 2. The molecule has 3 aromatic rings. The number of nitrogens with two attached hydrogens (primary N) is 1. The molecular weight excluding hydrogens is 275 g/mol. The molecule has 0 atom stereocenters. The van der Waals surface area contributed by atoms with Gasteiger partial charge in [0.05, 0.1) is 5.52 Å². The maximum atomic E-state index is 13.7. The lowest BCUT2D eigenvalue weighted by Gasteiger charge is -2.07. The topological polar surface area (TPSA) is 38.9 Å². The molecule has 1 aromatic heterocycles. The highest BCUT2D eigenvalue weighted by Gasteiger charge is 2.07. The summed E-state index contributed by atoms with van der Waals surface area (Å²) in [5, 5.41) is 0.806. The molecule has 0 aliphatic rings. The van der Waals surface area contributed by atoms with Gasteiger partial charge in [0.2, 0.25) is 0 Å². The molecule has 20 heavy (non-hydrogen) atoms. The molecule has 102 valence electrons. The van der Waals surface area contributed by atoms with Crippen molar-refractivity contribution in [2.24, 2.45) is 5.73 Å². The fraction of sp³-hybridized carbons (Fsp3) is 0.0625. The highest BCUT2D eigenvalue weighted by Crippen LogP contribution is 2.28. The quantitative estimate of drug-likeness (QED) is 0.776. The number of fused-ring (bicyclic) bond motifs is 1. The number of nitrogens with zero attached hydrogens (tertiary/aromatic N) is 1. The SMILES string of the molecule is Cl.NCc1ccc(-c2cc(F)cc3cccnc23)cc1. The van der Waals surface area contributed by atoms with Gasteiger partial charge in [0.1, 0.15) is 5.82 Å². The van der Waals surface area contributed by atoms with Crippen LogP contribution in [0.5, 0.6) is 0 Å². The molecule has 0 radical (unpaired) electrons. The summed E-state index contributed by atoms with van der Waals surface area (Å²) in [5.74, 6) is -0.251. The van der Waals surface area contributed by atoms with E-state index in [1.165, 1.54) is 12.1 Å². The van der Waals surface area contributed by atoms with E-state index in [1.54, 1.807) is 6.20 Å². The Morgan fingerprint density at radius 3 is 2.50 bits per heavy atom. The van der Waals surface area contributed by atoms with Gasteiger partial charge >= 0.3 is 0 Å². The Morgan fingerprint density at radius 1 is 1.05 bits per heavy atom. The molecule has 0 unspecified atom stereocenters. The van der Waals surface area contributed by atoms with Gasteiger partial charge in [-0.2, -0.15) is 0 Å². The summed E-state index contributed by atoms with van der Waals surface area (Å²) in [6, 6.07) is 14.5. The summed E-state index contributed by atoms with van der Waals surface area (Å²) in [7, 11) is 0. The molecule has 2 nitrogen and oxygen atoms in total. The zero-order chi connectivity index (χ0) is 13.2. The van der Waals surface area contributed by atoms with Crippen LogP contribution in [0.25, 0.3) is 22.0 Å². The third-order valence-electron chi connectivity index (χ3n) is 3.17. The zero-order valence-electron chi connectivity index (χ0n) is 10.7. The molecule has 0 fully saturated rings. The number of hydrogen-bond acceptors (Lipinski definition) is 2. The second-order valence-electron chi connectivity index (χ2n) is 4.43. The van der Waals surface area contributed by atoms with Crippen molar-refractivity contribution in [2.75, 3.05) is 0 Å². The van der Waals surface area contributed by atoms with Crippen molar-refractivity contribution in [1.29, 1.82) is 0 Å². The first-order valence-electron chi connectivity index (χ1n) is 6.11. The van der Waals surface area contributed by atoms with Crippen LogP contribution < -0.4 is 5.73 Å². The van der Waals surface area contributed by atoms with E-state index < -0.39 is 0 Å². The molecule has 0 aliphatic carbocycles. The minimum Gasteiger partial charge on any atom is -0.326 e. The summed E-state index contributed by atoms with van der Waals surface area (Å²) < 4.78 is 13.7. The van der Waals surface area contributed by atoms with Gasteiger partial charge in [-0.15, -0.1) is 12.4 Å². The smallest absolute Gasteiger partial charge is 0.124 e. The van der Waals surface area contributed by atoms with E-state index in [-0.39, 0.29) is 18.2 Å². The number of pyridine rings is 1. The number of benzene rings is 2. The van der Waals surface area contributed by atoms with E-state index in [0.717, 1.165) is 27.6 Å². The summed E-state index contributed by atoms with van der Waals surface area (Å²) >= 11 is 0. The third-order valence-corrected chi connectivity index (χ3v) is 3.17. The standard InChI is InChI=1S/C16H13FN2.ClH/c17-14-8-13-2-1-7-19-16(13)15(9-14)12-5-3-11(10-18)4-6-12;/h1-9H,10,18H2;1H. The van der Waals surface area contributed by atoms with Crippen LogP contribution in [0.4, 0.5) is 4.39 Å². The Labute approximate surface area is 122 Å². The van der Waals surface area contributed by atoms with E-state index in [1.807, 2.05) is 36.4 Å². The zero-order valence-corrected chi connectivity index (χ0v) is 11.5. The first-order chi connectivity index (χ1) is 9.28. The summed E-state index contributed by atoms with van der Waals surface area (Å²) in [6.07, 6.45) is 1.72. The van der Waals surface area contributed by atoms with E-state index in [0.29, 0.717) is 6.54 Å². The molecule has 0 aliphatic heterocycles. The first kappa shape index (κ1) is 14.4. The molecular formula is C16H14ClFN2. The summed E-state index contributed by atoms with van der Waals surface area (Å²) in [5.41, 5.74) is 9.19. The van der Waals surface area contributed by atoms with Crippen molar-refractivity contribution < 1.29 is 4.39 Å². The molecule has 4 heteroatoms. The van der Waals surface area contributed by atoms with Crippen molar-refractivity contribution in [1.82, 2.24) is 4.98 Å². The van der Waals surface area contributed by atoms with Crippen molar-refractivity contribution in [3.05, 3.63) is 66.1 Å². The molecule has 0 spiro atoms.